The minimum absolute atomic E-state index is 0.118. The van der Waals surface area contributed by atoms with Gasteiger partial charge < -0.3 is 14.9 Å². The van der Waals surface area contributed by atoms with Gasteiger partial charge in [-0.15, -0.1) is 0 Å². The minimum Gasteiger partial charge on any atom is -0.488 e. The number of halogens is 1. The zero-order valence-corrected chi connectivity index (χ0v) is 14.1. The van der Waals surface area contributed by atoms with E-state index < -0.39 is 6.10 Å². The highest BCUT2D eigenvalue weighted by Crippen LogP contribution is 2.30. The number of hydrogen-bond donors (Lipinski definition) is 2. The van der Waals surface area contributed by atoms with Gasteiger partial charge in [0.25, 0.3) is 0 Å². The van der Waals surface area contributed by atoms with Crippen molar-refractivity contribution in [3.8, 4) is 5.75 Å². The molecule has 0 unspecified atom stereocenters. The van der Waals surface area contributed by atoms with Crippen LogP contribution in [0.25, 0.3) is 0 Å². The lowest BCUT2D eigenvalue weighted by Gasteiger charge is -2.44. The molecule has 3 atom stereocenters. The lowest BCUT2D eigenvalue weighted by atomic mass is 9.86. The molecule has 1 heterocycles. The molecule has 2 N–H and O–H groups in total. The second-order valence-electron chi connectivity index (χ2n) is 7.09. The third kappa shape index (κ3) is 4.26. The van der Waals surface area contributed by atoms with Crippen molar-refractivity contribution >= 4 is 0 Å². The normalized spacial score (nSPS) is 29.5. The van der Waals surface area contributed by atoms with Crippen LogP contribution in [-0.2, 0) is 0 Å². The summed E-state index contributed by atoms with van der Waals surface area (Å²) in [6.45, 7) is 2.21. The fourth-order valence-electron chi connectivity index (χ4n) is 4.12. The summed E-state index contributed by atoms with van der Waals surface area (Å²) < 4.78 is 19.2. The van der Waals surface area contributed by atoms with Crippen LogP contribution in [0.1, 0.15) is 38.5 Å². The zero-order valence-electron chi connectivity index (χ0n) is 14.1. The SMILES string of the molecule is OCCC1CCN([C@H]2CCC[C@@H](Oc3cccc(F)c3)[C@@H]2O)CC1. The van der Waals surface area contributed by atoms with Crippen molar-refractivity contribution < 1.29 is 19.3 Å². The van der Waals surface area contributed by atoms with Gasteiger partial charge in [-0.3, -0.25) is 4.90 Å². The van der Waals surface area contributed by atoms with E-state index in [1.807, 2.05) is 0 Å². The van der Waals surface area contributed by atoms with Gasteiger partial charge in [0.15, 0.2) is 0 Å². The number of likely N-dealkylation sites (tertiary alicyclic amines) is 1. The molecule has 1 saturated carbocycles. The zero-order chi connectivity index (χ0) is 16.9. The summed E-state index contributed by atoms with van der Waals surface area (Å²) in [5.74, 6) is 0.771. The Labute approximate surface area is 143 Å². The van der Waals surface area contributed by atoms with E-state index in [2.05, 4.69) is 4.90 Å². The van der Waals surface area contributed by atoms with Crippen LogP contribution in [0.15, 0.2) is 24.3 Å². The number of hydrogen-bond acceptors (Lipinski definition) is 4. The molecule has 1 saturated heterocycles. The Morgan fingerprint density at radius 1 is 1.17 bits per heavy atom. The monoisotopic (exact) mass is 337 g/mol. The molecule has 134 valence electrons. The second kappa shape index (κ2) is 8.28. The summed E-state index contributed by atoms with van der Waals surface area (Å²) in [7, 11) is 0. The van der Waals surface area contributed by atoms with Gasteiger partial charge in [0.2, 0.25) is 0 Å². The highest BCUT2D eigenvalue weighted by Gasteiger charge is 2.38. The molecule has 1 aliphatic heterocycles. The van der Waals surface area contributed by atoms with Crippen molar-refractivity contribution in [2.75, 3.05) is 19.7 Å². The largest absolute Gasteiger partial charge is 0.488 e. The Bertz CT molecular complexity index is 519. The average molecular weight is 337 g/mol. The smallest absolute Gasteiger partial charge is 0.126 e. The molecule has 1 aromatic carbocycles. The van der Waals surface area contributed by atoms with Crippen molar-refractivity contribution in [2.24, 2.45) is 5.92 Å². The van der Waals surface area contributed by atoms with Crippen LogP contribution in [0.3, 0.4) is 0 Å². The summed E-state index contributed by atoms with van der Waals surface area (Å²) >= 11 is 0. The van der Waals surface area contributed by atoms with Gasteiger partial charge in [-0.05, 0) is 69.7 Å². The predicted molar refractivity (Wildman–Crippen MR) is 90.5 cm³/mol. The van der Waals surface area contributed by atoms with Gasteiger partial charge in [-0.2, -0.15) is 0 Å². The first kappa shape index (κ1) is 17.6. The van der Waals surface area contributed by atoms with Gasteiger partial charge in [0, 0.05) is 18.7 Å². The average Bonchev–Trinajstić information content (AvgIpc) is 2.58. The Morgan fingerprint density at radius 3 is 2.67 bits per heavy atom. The van der Waals surface area contributed by atoms with Crippen LogP contribution in [-0.4, -0.2) is 53.1 Å². The fraction of sp³-hybridized carbons (Fsp3) is 0.684. The molecular weight excluding hydrogens is 309 g/mol. The van der Waals surface area contributed by atoms with Crippen LogP contribution in [0.2, 0.25) is 0 Å². The summed E-state index contributed by atoms with van der Waals surface area (Å²) in [5, 5.41) is 19.9. The molecular formula is C19H28FNO3. The highest BCUT2D eigenvalue weighted by atomic mass is 19.1. The van der Waals surface area contributed by atoms with Crippen LogP contribution < -0.4 is 4.74 Å². The molecule has 0 aromatic heterocycles. The number of rotatable bonds is 5. The van der Waals surface area contributed by atoms with E-state index >= 15 is 0 Å². The minimum atomic E-state index is -0.545. The van der Waals surface area contributed by atoms with Gasteiger partial charge in [0.05, 0.1) is 0 Å². The van der Waals surface area contributed by atoms with E-state index in [1.54, 1.807) is 12.1 Å². The Morgan fingerprint density at radius 2 is 1.96 bits per heavy atom. The van der Waals surface area contributed by atoms with E-state index in [0.717, 1.165) is 51.6 Å². The third-order valence-electron chi connectivity index (χ3n) is 5.50. The van der Waals surface area contributed by atoms with Gasteiger partial charge in [-0.25, -0.2) is 4.39 Å². The lowest BCUT2D eigenvalue weighted by molar-refractivity contribution is -0.0611. The summed E-state index contributed by atoms with van der Waals surface area (Å²) in [6.07, 6.45) is 5.02. The fourth-order valence-corrected chi connectivity index (χ4v) is 4.12. The number of ether oxygens (including phenoxy) is 1. The molecule has 3 rings (SSSR count). The van der Waals surface area contributed by atoms with Crippen LogP contribution >= 0.6 is 0 Å². The molecule has 1 aliphatic carbocycles. The van der Waals surface area contributed by atoms with Crippen molar-refractivity contribution in [3.05, 3.63) is 30.1 Å². The number of piperidine rings is 1. The van der Waals surface area contributed by atoms with E-state index in [9.17, 15) is 9.50 Å². The highest BCUT2D eigenvalue weighted by molar-refractivity contribution is 5.23. The standard InChI is InChI=1S/C19H28FNO3/c20-15-3-1-4-16(13-15)24-18-6-2-5-17(19(18)23)21-10-7-14(8-11-21)9-12-22/h1,3-4,13-14,17-19,22-23H,2,5-12H2/t17-,18+,19+/m0/s1. The molecule has 2 fully saturated rings. The lowest BCUT2D eigenvalue weighted by Crippen LogP contribution is -2.54. The molecule has 0 spiro atoms. The van der Waals surface area contributed by atoms with Crippen LogP contribution in [0, 0.1) is 11.7 Å². The summed E-state index contributed by atoms with van der Waals surface area (Å²) in [4.78, 5) is 2.37. The molecule has 2 aliphatic rings. The van der Waals surface area contributed by atoms with E-state index in [4.69, 9.17) is 9.84 Å². The van der Waals surface area contributed by atoms with Gasteiger partial charge in [0.1, 0.15) is 23.8 Å². The van der Waals surface area contributed by atoms with Crippen molar-refractivity contribution in [1.82, 2.24) is 4.90 Å². The molecule has 1 aromatic rings. The third-order valence-corrected chi connectivity index (χ3v) is 5.50. The maximum Gasteiger partial charge on any atom is 0.126 e. The Hall–Kier alpha value is -1.17. The topological polar surface area (TPSA) is 52.9 Å². The van der Waals surface area contributed by atoms with Crippen molar-refractivity contribution in [2.45, 2.75) is 56.8 Å². The Balaban J connectivity index is 1.58. The number of aliphatic hydroxyl groups is 2. The first-order valence-electron chi connectivity index (χ1n) is 9.12. The molecule has 0 amide bonds. The van der Waals surface area contributed by atoms with Crippen LogP contribution in [0.4, 0.5) is 4.39 Å². The van der Waals surface area contributed by atoms with E-state index in [0.29, 0.717) is 11.7 Å². The number of benzene rings is 1. The van der Waals surface area contributed by atoms with Crippen molar-refractivity contribution in [3.63, 3.8) is 0 Å². The van der Waals surface area contributed by atoms with Gasteiger partial charge >= 0.3 is 0 Å². The first-order chi connectivity index (χ1) is 11.7. The molecule has 0 radical (unpaired) electrons. The molecule has 5 heteroatoms. The van der Waals surface area contributed by atoms with Crippen molar-refractivity contribution in [1.29, 1.82) is 0 Å². The molecule has 4 nitrogen and oxygen atoms in total. The molecule has 0 bridgehead atoms. The second-order valence-corrected chi connectivity index (χ2v) is 7.09. The number of aliphatic hydroxyl groups excluding tert-OH is 2. The molecule has 24 heavy (non-hydrogen) atoms. The number of nitrogens with zero attached hydrogens (tertiary/aromatic N) is 1. The predicted octanol–water partition coefficient (Wildman–Crippen LogP) is 2.58. The first-order valence-corrected chi connectivity index (χ1v) is 9.12. The Kier molecular flexibility index (Phi) is 6.09. The van der Waals surface area contributed by atoms with Crippen LogP contribution in [0.5, 0.6) is 5.75 Å². The maximum absolute atomic E-state index is 13.3. The van der Waals surface area contributed by atoms with E-state index in [-0.39, 0.29) is 24.6 Å². The maximum atomic E-state index is 13.3. The van der Waals surface area contributed by atoms with Gasteiger partial charge in [-0.1, -0.05) is 6.07 Å². The van der Waals surface area contributed by atoms with E-state index in [1.165, 1.54) is 12.1 Å². The quantitative estimate of drug-likeness (QED) is 0.867. The summed E-state index contributed by atoms with van der Waals surface area (Å²) in [5.41, 5.74) is 0. The summed E-state index contributed by atoms with van der Waals surface area (Å²) in [6, 6.07) is 6.25.